The van der Waals surface area contributed by atoms with Crippen LogP contribution in [0.15, 0.2) is 86.4 Å². The van der Waals surface area contributed by atoms with E-state index in [1.807, 2.05) is 30.3 Å². The van der Waals surface area contributed by atoms with Crippen LogP contribution in [0.1, 0.15) is 21.9 Å². The molecule has 2 aromatic heterocycles. The number of hydrogen-bond acceptors (Lipinski definition) is 6. The molecule has 0 saturated heterocycles. The van der Waals surface area contributed by atoms with Crippen LogP contribution in [0.3, 0.4) is 0 Å². The summed E-state index contributed by atoms with van der Waals surface area (Å²) in [6, 6.07) is 20.2. The van der Waals surface area contributed by atoms with E-state index in [1.165, 1.54) is 25.3 Å². The lowest BCUT2D eigenvalue weighted by atomic mass is 10.1. The van der Waals surface area contributed by atoms with Crippen molar-refractivity contribution in [1.82, 2.24) is 4.90 Å². The number of hydrogen-bond donors (Lipinski definition) is 0. The van der Waals surface area contributed by atoms with Crippen molar-refractivity contribution in [3.63, 3.8) is 0 Å². The lowest BCUT2D eigenvalue weighted by molar-refractivity contribution is -0.128. The fourth-order valence-electron chi connectivity index (χ4n) is 3.26. The maximum atomic E-state index is 13.1. The van der Waals surface area contributed by atoms with Crippen LogP contribution in [0, 0.1) is 0 Å². The maximum Gasteiger partial charge on any atom is 0.336 e. The van der Waals surface area contributed by atoms with Crippen LogP contribution in [-0.4, -0.2) is 23.8 Å². The molecule has 7 nitrogen and oxygen atoms in total. The third kappa shape index (κ3) is 4.40. The van der Waals surface area contributed by atoms with E-state index in [4.69, 9.17) is 13.6 Å². The minimum absolute atomic E-state index is 0.0284. The second kappa shape index (κ2) is 8.71. The van der Waals surface area contributed by atoms with Crippen molar-refractivity contribution >= 4 is 22.8 Å². The van der Waals surface area contributed by atoms with Gasteiger partial charge >= 0.3 is 5.63 Å². The van der Waals surface area contributed by atoms with E-state index in [-0.39, 0.29) is 18.7 Å². The van der Waals surface area contributed by atoms with Gasteiger partial charge in [-0.1, -0.05) is 48.5 Å². The first kappa shape index (κ1) is 20.2. The van der Waals surface area contributed by atoms with Gasteiger partial charge in [0.25, 0.3) is 5.91 Å². The number of furan rings is 1. The van der Waals surface area contributed by atoms with Gasteiger partial charge < -0.3 is 13.6 Å². The average molecular weight is 417 g/mol. The Balaban J connectivity index is 1.65. The van der Waals surface area contributed by atoms with Crippen LogP contribution in [0.4, 0.5) is 0 Å². The van der Waals surface area contributed by atoms with Gasteiger partial charge in [0.05, 0.1) is 20.1 Å². The van der Waals surface area contributed by atoms with Crippen LogP contribution in [0.5, 0.6) is 5.75 Å². The third-order valence-electron chi connectivity index (χ3n) is 4.74. The zero-order valence-corrected chi connectivity index (χ0v) is 16.7. The Labute approximate surface area is 177 Å². The van der Waals surface area contributed by atoms with E-state index in [0.29, 0.717) is 17.1 Å². The number of carbonyl (C=O) groups excluding carboxylic acids is 2. The molecule has 0 unspecified atom stereocenters. The first-order valence-corrected chi connectivity index (χ1v) is 9.59. The molecule has 0 saturated carbocycles. The molecule has 156 valence electrons. The monoisotopic (exact) mass is 417 g/mol. The molecule has 7 heteroatoms. The predicted octanol–water partition coefficient (Wildman–Crippen LogP) is 3.81. The van der Waals surface area contributed by atoms with Crippen LogP contribution in [-0.2, 0) is 17.8 Å². The van der Waals surface area contributed by atoms with E-state index in [1.54, 1.807) is 24.3 Å². The molecule has 4 aromatic rings. The van der Waals surface area contributed by atoms with E-state index in [9.17, 15) is 14.4 Å². The number of carbonyl (C=O) groups is 2. The van der Waals surface area contributed by atoms with Crippen molar-refractivity contribution in [2.75, 3.05) is 7.11 Å². The number of nitrogens with zero attached hydrogens (tertiary/aromatic N) is 1. The van der Waals surface area contributed by atoms with Gasteiger partial charge in [-0.15, -0.1) is 0 Å². The summed E-state index contributed by atoms with van der Waals surface area (Å²) in [7, 11) is 1.54. The van der Waals surface area contributed by atoms with E-state index < -0.39 is 17.4 Å². The van der Waals surface area contributed by atoms with E-state index >= 15 is 0 Å². The normalized spacial score (nSPS) is 10.7. The number of amides is 2. The smallest absolute Gasteiger partial charge is 0.336 e. The van der Waals surface area contributed by atoms with Crippen LogP contribution in [0.2, 0.25) is 0 Å². The highest BCUT2D eigenvalue weighted by atomic mass is 16.5. The summed E-state index contributed by atoms with van der Waals surface area (Å²) >= 11 is 0. The first-order chi connectivity index (χ1) is 15.0. The number of para-hydroxylation sites is 1. The molecule has 0 fully saturated rings. The van der Waals surface area contributed by atoms with Crippen LogP contribution < -0.4 is 10.4 Å². The Morgan fingerprint density at radius 2 is 1.71 bits per heavy atom. The lowest BCUT2D eigenvalue weighted by Gasteiger charge is -2.20. The molecule has 0 aliphatic carbocycles. The molecule has 2 aromatic carbocycles. The quantitative estimate of drug-likeness (QED) is 0.474. The molecular weight excluding hydrogens is 398 g/mol. The van der Waals surface area contributed by atoms with Crippen molar-refractivity contribution in [3.05, 3.63) is 100 Å². The summed E-state index contributed by atoms with van der Waals surface area (Å²) in [6.45, 7) is 0.0284. The Morgan fingerprint density at radius 3 is 2.45 bits per heavy atom. The van der Waals surface area contributed by atoms with Crippen LogP contribution in [0.25, 0.3) is 11.0 Å². The Kier molecular flexibility index (Phi) is 5.66. The van der Waals surface area contributed by atoms with Crippen LogP contribution >= 0.6 is 0 Å². The van der Waals surface area contributed by atoms with Gasteiger partial charge in [-0.2, -0.15) is 0 Å². The second-order valence-corrected chi connectivity index (χ2v) is 6.85. The van der Waals surface area contributed by atoms with Crippen molar-refractivity contribution < 1.29 is 23.2 Å². The fourth-order valence-corrected chi connectivity index (χ4v) is 3.26. The van der Waals surface area contributed by atoms with Gasteiger partial charge in [0, 0.05) is 11.5 Å². The van der Waals surface area contributed by atoms with Crippen molar-refractivity contribution in [3.8, 4) is 5.75 Å². The number of imide groups is 1. The number of benzene rings is 2. The largest absolute Gasteiger partial charge is 0.493 e. The van der Waals surface area contributed by atoms with Gasteiger partial charge in [0.2, 0.25) is 5.91 Å². The molecule has 0 aliphatic rings. The molecule has 0 spiro atoms. The van der Waals surface area contributed by atoms with Crippen molar-refractivity contribution in [1.29, 1.82) is 0 Å². The maximum absolute atomic E-state index is 13.1. The molecule has 2 amide bonds. The molecule has 31 heavy (non-hydrogen) atoms. The van der Waals surface area contributed by atoms with Gasteiger partial charge in [0.15, 0.2) is 17.1 Å². The molecule has 2 heterocycles. The van der Waals surface area contributed by atoms with Gasteiger partial charge in [-0.3, -0.25) is 14.5 Å². The Morgan fingerprint density at radius 1 is 0.935 bits per heavy atom. The number of methoxy groups -OCH3 is 1. The summed E-state index contributed by atoms with van der Waals surface area (Å²) in [4.78, 5) is 38.8. The van der Waals surface area contributed by atoms with E-state index in [0.717, 1.165) is 15.8 Å². The topological polar surface area (TPSA) is 90.0 Å². The van der Waals surface area contributed by atoms with E-state index in [2.05, 4.69) is 0 Å². The summed E-state index contributed by atoms with van der Waals surface area (Å²) in [6.07, 6.45) is -0.145. The third-order valence-corrected chi connectivity index (χ3v) is 4.74. The summed E-state index contributed by atoms with van der Waals surface area (Å²) < 4.78 is 16.1. The van der Waals surface area contributed by atoms with Gasteiger partial charge in [-0.05, 0) is 23.8 Å². The highest BCUT2D eigenvalue weighted by molar-refractivity contribution is 6.03. The Hall–Kier alpha value is -4.13. The molecule has 4 rings (SSSR count). The molecule has 0 atom stereocenters. The lowest BCUT2D eigenvalue weighted by Crippen LogP contribution is -2.37. The standard InChI is InChI=1S/C24H19NO6/c1-29-19-10-5-9-17-13-18(30-23(17)19)14-21(26)25(15-16-7-3-2-4-8-16)24(28)20-11-6-12-22(27)31-20/h2-13H,14-15H2,1H3. The van der Waals surface area contributed by atoms with Gasteiger partial charge in [0.1, 0.15) is 5.76 Å². The van der Waals surface area contributed by atoms with Gasteiger partial charge in [-0.25, -0.2) is 4.79 Å². The summed E-state index contributed by atoms with van der Waals surface area (Å²) in [5.41, 5.74) is 0.624. The number of rotatable bonds is 6. The zero-order valence-electron chi connectivity index (χ0n) is 16.7. The van der Waals surface area contributed by atoms with Crippen molar-refractivity contribution in [2.45, 2.75) is 13.0 Å². The minimum Gasteiger partial charge on any atom is -0.493 e. The molecular formula is C24H19NO6. The molecule has 0 radical (unpaired) electrons. The molecule has 0 N–H and O–H groups in total. The number of fused-ring (bicyclic) bond motifs is 1. The molecule has 0 bridgehead atoms. The molecule has 0 aliphatic heterocycles. The SMILES string of the molecule is COc1cccc2cc(CC(=O)N(Cc3ccccc3)C(=O)c3cccc(=O)o3)oc12. The van der Waals surface area contributed by atoms with Crippen molar-refractivity contribution in [2.24, 2.45) is 0 Å². The summed E-state index contributed by atoms with van der Waals surface area (Å²) in [5.74, 6) is -0.439. The zero-order chi connectivity index (χ0) is 21.8. The second-order valence-electron chi connectivity index (χ2n) is 6.85. The highest BCUT2D eigenvalue weighted by Gasteiger charge is 2.26. The average Bonchev–Trinajstić information content (AvgIpc) is 3.20. The number of ether oxygens (including phenoxy) is 1. The highest BCUT2D eigenvalue weighted by Crippen LogP contribution is 2.29. The Bertz CT molecular complexity index is 1290. The fraction of sp³-hybridized carbons (Fsp3) is 0.125. The predicted molar refractivity (Wildman–Crippen MR) is 113 cm³/mol. The minimum atomic E-state index is -0.694. The first-order valence-electron chi connectivity index (χ1n) is 9.59. The summed E-state index contributed by atoms with van der Waals surface area (Å²) in [5, 5.41) is 0.789.